The summed E-state index contributed by atoms with van der Waals surface area (Å²) in [5, 5.41) is 0. The highest BCUT2D eigenvalue weighted by Gasteiger charge is 2.18. The van der Waals surface area contributed by atoms with Crippen LogP contribution >= 0.6 is 0 Å². The predicted molar refractivity (Wildman–Crippen MR) is 50.1 cm³/mol. The fourth-order valence-electron chi connectivity index (χ4n) is 0.872. The fourth-order valence-corrected chi connectivity index (χ4v) is 1.87. The first kappa shape index (κ1) is 10.3. The molecule has 0 fully saturated rings. The van der Waals surface area contributed by atoms with Crippen molar-refractivity contribution in [1.82, 2.24) is 4.31 Å². The molecule has 0 atom stereocenters. The highest BCUT2D eigenvalue weighted by atomic mass is 32.2. The molecule has 4 nitrogen and oxygen atoms in total. The van der Waals surface area contributed by atoms with E-state index in [-0.39, 0.29) is 6.61 Å². The van der Waals surface area contributed by atoms with Gasteiger partial charge in [0.2, 0.25) is 0 Å². The first-order chi connectivity index (χ1) is 6.17. The van der Waals surface area contributed by atoms with Crippen molar-refractivity contribution in [2.24, 2.45) is 0 Å². The summed E-state index contributed by atoms with van der Waals surface area (Å²) in [5.74, 6) is 0. The van der Waals surface area contributed by atoms with Crippen LogP contribution in [0.4, 0.5) is 0 Å². The maximum absolute atomic E-state index is 11.4. The lowest BCUT2D eigenvalue weighted by atomic mass is 10.4. The monoisotopic (exact) mass is 203 g/mol. The van der Waals surface area contributed by atoms with Gasteiger partial charge >= 0.3 is 10.3 Å². The topological polar surface area (TPSA) is 46.6 Å². The van der Waals surface area contributed by atoms with Gasteiger partial charge in [0.1, 0.15) is 0 Å². The largest absolute Gasteiger partial charge is 0.362 e. The van der Waals surface area contributed by atoms with E-state index in [1.54, 1.807) is 18.2 Å². The molecule has 0 saturated carbocycles. The van der Waals surface area contributed by atoms with Gasteiger partial charge in [0.15, 0.2) is 0 Å². The van der Waals surface area contributed by atoms with Gasteiger partial charge in [0, 0.05) is 6.20 Å². The third-order valence-electron chi connectivity index (χ3n) is 1.51. The highest BCUT2D eigenvalue weighted by molar-refractivity contribution is 7.84. The van der Waals surface area contributed by atoms with Gasteiger partial charge in [-0.1, -0.05) is 19.1 Å². The first-order valence-electron chi connectivity index (χ1n) is 4.16. The van der Waals surface area contributed by atoms with Crippen molar-refractivity contribution in [1.29, 1.82) is 0 Å². The SMILES string of the molecule is CCCOS(=O)(=O)N1C=CC=CC1. The number of allylic oxidation sites excluding steroid dienone is 2. The second-order valence-electron chi connectivity index (χ2n) is 2.62. The Hall–Kier alpha value is -0.810. The van der Waals surface area contributed by atoms with Gasteiger partial charge in [-0.05, 0) is 12.5 Å². The van der Waals surface area contributed by atoms with Crippen LogP contribution < -0.4 is 0 Å². The van der Waals surface area contributed by atoms with Crippen LogP contribution in [0, 0.1) is 0 Å². The molecular weight excluding hydrogens is 190 g/mol. The minimum Gasteiger partial charge on any atom is -0.254 e. The van der Waals surface area contributed by atoms with Crippen LogP contribution in [0.15, 0.2) is 24.4 Å². The van der Waals surface area contributed by atoms with Gasteiger partial charge < -0.3 is 0 Å². The average molecular weight is 203 g/mol. The van der Waals surface area contributed by atoms with E-state index in [2.05, 4.69) is 0 Å². The van der Waals surface area contributed by atoms with Crippen molar-refractivity contribution >= 4 is 10.3 Å². The van der Waals surface area contributed by atoms with Crippen molar-refractivity contribution < 1.29 is 12.6 Å². The summed E-state index contributed by atoms with van der Waals surface area (Å²) in [5.41, 5.74) is 0. The Morgan fingerprint density at radius 1 is 1.46 bits per heavy atom. The number of hydrogen-bond donors (Lipinski definition) is 0. The predicted octanol–water partition coefficient (Wildman–Crippen LogP) is 1.04. The van der Waals surface area contributed by atoms with E-state index < -0.39 is 10.3 Å². The number of rotatable bonds is 4. The van der Waals surface area contributed by atoms with Crippen LogP contribution in [0.25, 0.3) is 0 Å². The smallest absolute Gasteiger partial charge is 0.254 e. The number of hydrogen-bond acceptors (Lipinski definition) is 3. The molecule has 0 radical (unpaired) electrons. The third kappa shape index (κ3) is 2.86. The van der Waals surface area contributed by atoms with Gasteiger partial charge in [0.25, 0.3) is 0 Å². The van der Waals surface area contributed by atoms with Crippen LogP contribution in [-0.4, -0.2) is 25.9 Å². The molecule has 0 aromatic heterocycles. The molecule has 0 spiro atoms. The van der Waals surface area contributed by atoms with E-state index in [1.807, 2.05) is 6.92 Å². The van der Waals surface area contributed by atoms with Gasteiger partial charge in [-0.25, -0.2) is 0 Å². The van der Waals surface area contributed by atoms with E-state index in [1.165, 1.54) is 10.5 Å². The second kappa shape index (κ2) is 4.43. The van der Waals surface area contributed by atoms with Crippen molar-refractivity contribution in [3.05, 3.63) is 24.4 Å². The van der Waals surface area contributed by atoms with Crippen molar-refractivity contribution in [3.63, 3.8) is 0 Å². The summed E-state index contributed by atoms with van der Waals surface area (Å²) in [7, 11) is -3.55. The first-order valence-corrected chi connectivity index (χ1v) is 5.53. The maximum atomic E-state index is 11.4. The molecule has 5 heteroatoms. The zero-order valence-corrected chi connectivity index (χ0v) is 8.33. The molecule has 0 N–H and O–H groups in total. The number of nitrogens with zero attached hydrogens (tertiary/aromatic N) is 1. The molecule has 1 rings (SSSR count). The van der Waals surface area contributed by atoms with Crippen molar-refractivity contribution in [2.75, 3.05) is 13.2 Å². The zero-order chi connectivity index (χ0) is 9.73. The van der Waals surface area contributed by atoms with E-state index >= 15 is 0 Å². The molecule has 0 unspecified atom stereocenters. The van der Waals surface area contributed by atoms with Crippen LogP contribution in [0.5, 0.6) is 0 Å². The van der Waals surface area contributed by atoms with Gasteiger partial charge in [0.05, 0.1) is 13.2 Å². The Morgan fingerprint density at radius 2 is 2.23 bits per heavy atom. The van der Waals surface area contributed by atoms with Gasteiger partial charge in [-0.15, -0.1) is 0 Å². The Labute approximate surface area is 78.8 Å². The minimum absolute atomic E-state index is 0.233. The van der Waals surface area contributed by atoms with Crippen LogP contribution in [0.3, 0.4) is 0 Å². The second-order valence-corrected chi connectivity index (χ2v) is 4.18. The summed E-state index contributed by atoms with van der Waals surface area (Å²) < 4.78 is 28.6. The summed E-state index contributed by atoms with van der Waals surface area (Å²) >= 11 is 0. The summed E-state index contributed by atoms with van der Waals surface area (Å²) in [6.45, 7) is 2.44. The molecule has 74 valence electrons. The van der Waals surface area contributed by atoms with Crippen LogP contribution in [0.2, 0.25) is 0 Å². The summed E-state index contributed by atoms with van der Waals surface area (Å²) in [6.07, 6.45) is 7.40. The highest BCUT2D eigenvalue weighted by Crippen LogP contribution is 2.08. The summed E-state index contributed by atoms with van der Waals surface area (Å²) in [4.78, 5) is 0. The lowest BCUT2D eigenvalue weighted by Crippen LogP contribution is -2.29. The Balaban J connectivity index is 2.59. The maximum Gasteiger partial charge on any atom is 0.362 e. The Kier molecular flexibility index (Phi) is 3.50. The lowest BCUT2D eigenvalue weighted by Gasteiger charge is -2.19. The van der Waals surface area contributed by atoms with E-state index in [4.69, 9.17) is 4.18 Å². The Bertz CT molecular complexity index is 305. The van der Waals surface area contributed by atoms with E-state index in [0.29, 0.717) is 13.0 Å². The van der Waals surface area contributed by atoms with Crippen molar-refractivity contribution in [3.8, 4) is 0 Å². The summed E-state index contributed by atoms with van der Waals surface area (Å²) in [6, 6.07) is 0. The standard InChI is InChI=1S/C8H13NO3S/c1-2-8-12-13(10,11)9-6-4-3-5-7-9/h3-6H,2,7-8H2,1H3. The molecule has 0 aromatic rings. The van der Waals surface area contributed by atoms with Gasteiger partial charge in [-0.2, -0.15) is 8.42 Å². The van der Waals surface area contributed by atoms with Crippen LogP contribution in [-0.2, 0) is 14.5 Å². The molecule has 0 saturated heterocycles. The molecule has 1 aliphatic heterocycles. The van der Waals surface area contributed by atoms with Crippen molar-refractivity contribution in [2.45, 2.75) is 13.3 Å². The molecule has 0 aromatic carbocycles. The van der Waals surface area contributed by atoms with E-state index in [9.17, 15) is 8.42 Å². The minimum atomic E-state index is -3.55. The molecule has 0 aliphatic carbocycles. The average Bonchev–Trinajstić information content (AvgIpc) is 2.16. The molecule has 1 aliphatic rings. The van der Waals surface area contributed by atoms with E-state index in [0.717, 1.165) is 0 Å². The zero-order valence-electron chi connectivity index (χ0n) is 7.51. The molecule has 0 bridgehead atoms. The fraction of sp³-hybridized carbons (Fsp3) is 0.500. The quantitative estimate of drug-likeness (QED) is 0.686. The van der Waals surface area contributed by atoms with Crippen LogP contribution in [0.1, 0.15) is 13.3 Å². The molecule has 0 amide bonds. The third-order valence-corrected chi connectivity index (χ3v) is 2.82. The van der Waals surface area contributed by atoms with Gasteiger partial charge in [-0.3, -0.25) is 8.49 Å². The Morgan fingerprint density at radius 3 is 2.77 bits per heavy atom. The molecular formula is C8H13NO3S. The normalized spacial score (nSPS) is 16.5. The molecule has 1 heterocycles. The molecule has 13 heavy (non-hydrogen) atoms. The lowest BCUT2D eigenvalue weighted by molar-refractivity contribution is 0.289.